The van der Waals surface area contributed by atoms with Gasteiger partial charge in [0.25, 0.3) is 5.79 Å². The Kier molecular flexibility index (Phi) is 2.15. The van der Waals surface area contributed by atoms with Crippen LogP contribution < -0.4 is 0 Å². The number of carbonyl (C=O) groups excluding carboxylic acids is 1. The highest BCUT2D eigenvalue weighted by Crippen LogP contribution is 2.47. The Labute approximate surface area is 87.4 Å². The number of hydrogen-bond donors (Lipinski definition) is 1. The first-order chi connectivity index (χ1) is 7.03. The molecule has 80 valence electrons. The van der Waals surface area contributed by atoms with Crippen LogP contribution in [0.4, 0.5) is 0 Å². The summed E-state index contributed by atoms with van der Waals surface area (Å²) in [4.78, 5) is 11.8. The SMILES string of the molecule is COC1(C)OC1(O)C(=O)c1ccccc1. The molecule has 2 rings (SSSR count). The minimum Gasteiger partial charge on any atom is -0.355 e. The summed E-state index contributed by atoms with van der Waals surface area (Å²) < 4.78 is 9.85. The molecule has 0 aliphatic carbocycles. The van der Waals surface area contributed by atoms with Crippen molar-refractivity contribution in [1.29, 1.82) is 0 Å². The molecule has 1 aromatic rings. The number of benzene rings is 1. The first kappa shape index (κ1) is 10.3. The Morgan fingerprint density at radius 3 is 2.47 bits per heavy atom. The van der Waals surface area contributed by atoms with Gasteiger partial charge in [-0.1, -0.05) is 30.3 Å². The van der Waals surface area contributed by atoms with Crippen LogP contribution >= 0.6 is 0 Å². The predicted molar refractivity (Wildman–Crippen MR) is 52.2 cm³/mol. The van der Waals surface area contributed by atoms with Crippen LogP contribution in [0.2, 0.25) is 0 Å². The van der Waals surface area contributed by atoms with Crippen LogP contribution in [0, 0.1) is 0 Å². The van der Waals surface area contributed by atoms with Gasteiger partial charge in [-0.2, -0.15) is 0 Å². The largest absolute Gasteiger partial charge is 0.355 e. The van der Waals surface area contributed by atoms with Gasteiger partial charge in [-0.3, -0.25) is 4.79 Å². The molecule has 1 fully saturated rings. The van der Waals surface area contributed by atoms with E-state index in [4.69, 9.17) is 9.47 Å². The molecule has 1 aromatic carbocycles. The fourth-order valence-electron chi connectivity index (χ4n) is 1.47. The number of carbonyl (C=O) groups is 1. The highest BCUT2D eigenvalue weighted by molar-refractivity contribution is 6.03. The minimum atomic E-state index is -1.84. The standard InChI is InChI=1S/C11H12O4/c1-10(14-2)11(13,15-10)9(12)8-6-4-3-5-7-8/h3-7,13H,1-2H3. The molecule has 1 saturated heterocycles. The van der Waals surface area contributed by atoms with E-state index in [9.17, 15) is 9.90 Å². The monoisotopic (exact) mass is 208 g/mol. The molecule has 0 radical (unpaired) electrons. The molecular weight excluding hydrogens is 196 g/mol. The van der Waals surface area contributed by atoms with E-state index in [1.165, 1.54) is 14.0 Å². The average molecular weight is 208 g/mol. The molecule has 0 saturated carbocycles. The van der Waals surface area contributed by atoms with Gasteiger partial charge in [-0.15, -0.1) is 0 Å². The molecule has 1 aliphatic heterocycles. The molecule has 0 amide bonds. The van der Waals surface area contributed by atoms with E-state index in [0.29, 0.717) is 5.56 Å². The number of ether oxygens (including phenoxy) is 2. The predicted octanol–water partition coefficient (Wildman–Crippen LogP) is 0.951. The van der Waals surface area contributed by atoms with Gasteiger partial charge in [0.2, 0.25) is 11.6 Å². The topological polar surface area (TPSA) is 59.1 Å². The zero-order chi connectivity index (χ0) is 11.1. The second kappa shape index (κ2) is 3.13. The van der Waals surface area contributed by atoms with Gasteiger partial charge < -0.3 is 14.6 Å². The van der Waals surface area contributed by atoms with E-state index in [1.54, 1.807) is 30.3 Å². The van der Waals surface area contributed by atoms with Crippen LogP contribution in [0.5, 0.6) is 0 Å². The van der Waals surface area contributed by atoms with E-state index >= 15 is 0 Å². The van der Waals surface area contributed by atoms with Crippen LogP contribution in [0.3, 0.4) is 0 Å². The van der Waals surface area contributed by atoms with Gasteiger partial charge in [-0.05, 0) is 6.92 Å². The van der Waals surface area contributed by atoms with Gasteiger partial charge >= 0.3 is 0 Å². The van der Waals surface area contributed by atoms with Gasteiger partial charge in [0.1, 0.15) is 0 Å². The lowest BCUT2D eigenvalue weighted by molar-refractivity contribution is -0.00116. The van der Waals surface area contributed by atoms with Crippen molar-refractivity contribution < 1.29 is 19.4 Å². The normalized spacial score (nSPS) is 33.8. The molecule has 2 unspecified atom stereocenters. The van der Waals surface area contributed by atoms with Crippen LogP contribution in [0.1, 0.15) is 17.3 Å². The maximum absolute atomic E-state index is 11.8. The minimum absolute atomic E-state index is 0.403. The zero-order valence-electron chi connectivity index (χ0n) is 8.56. The lowest BCUT2D eigenvalue weighted by Crippen LogP contribution is -2.33. The fourth-order valence-corrected chi connectivity index (χ4v) is 1.47. The molecule has 2 atom stereocenters. The second-order valence-electron chi connectivity index (χ2n) is 3.59. The van der Waals surface area contributed by atoms with Crippen molar-refractivity contribution in [3.05, 3.63) is 35.9 Å². The molecular formula is C11H12O4. The number of aliphatic hydroxyl groups is 1. The number of hydrogen-bond acceptors (Lipinski definition) is 4. The number of ketones is 1. The molecule has 0 spiro atoms. The zero-order valence-corrected chi connectivity index (χ0v) is 8.56. The third-order valence-corrected chi connectivity index (χ3v) is 2.65. The Hall–Kier alpha value is -1.23. The summed E-state index contributed by atoms with van der Waals surface area (Å²) in [6.45, 7) is 1.52. The molecule has 4 nitrogen and oxygen atoms in total. The lowest BCUT2D eigenvalue weighted by atomic mass is 10.0. The highest BCUT2D eigenvalue weighted by atomic mass is 16.9. The molecule has 1 heterocycles. The summed E-state index contributed by atoms with van der Waals surface area (Å²) in [7, 11) is 1.39. The van der Waals surface area contributed by atoms with E-state index in [1.807, 2.05) is 0 Å². The van der Waals surface area contributed by atoms with Crippen molar-refractivity contribution in [3.63, 3.8) is 0 Å². The smallest absolute Gasteiger partial charge is 0.289 e. The van der Waals surface area contributed by atoms with Crippen LogP contribution in [0.15, 0.2) is 30.3 Å². The van der Waals surface area contributed by atoms with Crippen molar-refractivity contribution in [2.45, 2.75) is 18.5 Å². The quantitative estimate of drug-likeness (QED) is 0.593. The summed E-state index contributed by atoms with van der Waals surface area (Å²) in [5.74, 6) is -3.55. The first-order valence-corrected chi connectivity index (χ1v) is 4.61. The van der Waals surface area contributed by atoms with Crippen molar-refractivity contribution in [2.75, 3.05) is 7.11 Å². The van der Waals surface area contributed by atoms with Gasteiger partial charge in [0.05, 0.1) is 0 Å². The number of epoxide rings is 1. The fraction of sp³-hybridized carbons (Fsp3) is 0.364. The number of Topliss-reactive ketones (excluding diaryl/α,β-unsaturated/α-hetero) is 1. The molecule has 4 heteroatoms. The Morgan fingerprint density at radius 2 is 2.00 bits per heavy atom. The lowest BCUT2D eigenvalue weighted by Gasteiger charge is -2.08. The Bertz CT molecular complexity index is 389. The summed E-state index contributed by atoms with van der Waals surface area (Å²) in [6, 6.07) is 8.49. The van der Waals surface area contributed by atoms with E-state index < -0.39 is 17.4 Å². The van der Waals surface area contributed by atoms with E-state index in [0.717, 1.165) is 0 Å². The first-order valence-electron chi connectivity index (χ1n) is 4.61. The van der Waals surface area contributed by atoms with Crippen molar-refractivity contribution in [3.8, 4) is 0 Å². The second-order valence-corrected chi connectivity index (χ2v) is 3.59. The van der Waals surface area contributed by atoms with Crippen LogP contribution in [-0.2, 0) is 9.47 Å². The third-order valence-electron chi connectivity index (χ3n) is 2.65. The third kappa shape index (κ3) is 1.38. The summed E-state index contributed by atoms with van der Waals surface area (Å²) in [6.07, 6.45) is 0. The van der Waals surface area contributed by atoms with E-state index in [-0.39, 0.29) is 0 Å². The maximum atomic E-state index is 11.8. The van der Waals surface area contributed by atoms with Gasteiger partial charge in [0.15, 0.2) is 0 Å². The van der Waals surface area contributed by atoms with E-state index in [2.05, 4.69) is 0 Å². The summed E-state index contributed by atoms with van der Waals surface area (Å²) >= 11 is 0. The van der Waals surface area contributed by atoms with Gasteiger partial charge in [0, 0.05) is 12.7 Å². The highest BCUT2D eigenvalue weighted by Gasteiger charge is 2.73. The molecule has 15 heavy (non-hydrogen) atoms. The summed E-state index contributed by atoms with van der Waals surface area (Å²) in [5, 5.41) is 9.87. The van der Waals surface area contributed by atoms with Gasteiger partial charge in [-0.25, -0.2) is 0 Å². The molecule has 0 aromatic heterocycles. The number of methoxy groups -OCH3 is 1. The van der Waals surface area contributed by atoms with Crippen molar-refractivity contribution >= 4 is 5.78 Å². The summed E-state index contributed by atoms with van der Waals surface area (Å²) in [5.41, 5.74) is 0.403. The Balaban J connectivity index is 2.25. The van der Waals surface area contributed by atoms with Crippen LogP contribution in [-0.4, -0.2) is 29.6 Å². The molecule has 1 aliphatic rings. The maximum Gasteiger partial charge on any atom is 0.289 e. The average Bonchev–Trinajstić information content (AvgIpc) is 2.84. The van der Waals surface area contributed by atoms with Crippen molar-refractivity contribution in [2.24, 2.45) is 0 Å². The molecule has 0 bridgehead atoms. The Morgan fingerprint density at radius 1 is 1.40 bits per heavy atom. The van der Waals surface area contributed by atoms with Crippen molar-refractivity contribution in [1.82, 2.24) is 0 Å². The number of rotatable bonds is 3. The molecule has 1 N–H and O–H groups in total. The van der Waals surface area contributed by atoms with Crippen LogP contribution in [0.25, 0.3) is 0 Å².